The van der Waals surface area contributed by atoms with Crippen LogP contribution in [0.4, 0.5) is 0 Å². The maximum absolute atomic E-state index is 13.3. The highest BCUT2D eigenvalue weighted by atomic mass is 35.5. The van der Waals surface area contributed by atoms with Gasteiger partial charge in [0.2, 0.25) is 11.8 Å². The van der Waals surface area contributed by atoms with Crippen LogP contribution in [0.3, 0.4) is 0 Å². The Bertz CT molecular complexity index is 910. The zero-order valence-corrected chi connectivity index (χ0v) is 20.4. The number of nitrogens with zero attached hydrogens (tertiary/aromatic N) is 1. The molecule has 33 heavy (non-hydrogen) atoms. The van der Waals surface area contributed by atoms with Crippen molar-refractivity contribution in [2.24, 2.45) is 0 Å². The molecule has 3 rings (SSSR count). The smallest absolute Gasteiger partial charge is 0.243 e. The fourth-order valence-electron chi connectivity index (χ4n) is 4.35. The highest BCUT2D eigenvalue weighted by Crippen LogP contribution is 2.21. The Kier molecular flexibility index (Phi) is 9.61. The molecule has 1 saturated carbocycles. The third-order valence-corrected chi connectivity index (χ3v) is 6.56. The van der Waals surface area contributed by atoms with Gasteiger partial charge in [0.05, 0.1) is 6.61 Å². The first kappa shape index (κ1) is 25.1. The molecule has 2 amide bonds. The van der Waals surface area contributed by atoms with Crippen molar-refractivity contribution < 1.29 is 14.3 Å². The predicted molar refractivity (Wildman–Crippen MR) is 132 cm³/mol. The molecule has 0 spiro atoms. The lowest BCUT2D eigenvalue weighted by molar-refractivity contribution is -0.141. The highest BCUT2D eigenvalue weighted by Gasteiger charge is 2.30. The fourth-order valence-corrected chi connectivity index (χ4v) is 4.47. The van der Waals surface area contributed by atoms with Gasteiger partial charge in [-0.2, -0.15) is 0 Å². The molecule has 0 unspecified atom stereocenters. The largest absolute Gasteiger partial charge is 0.494 e. The van der Waals surface area contributed by atoms with Crippen molar-refractivity contribution in [1.82, 2.24) is 10.2 Å². The lowest BCUT2D eigenvalue weighted by Gasteiger charge is -2.32. The summed E-state index contributed by atoms with van der Waals surface area (Å²) in [6, 6.07) is 15.0. The minimum atomic E-state index is -0.477. The number of carbonyl (C=O) groups is 2. The lowest BCUT2D eigenvalue weighted by atomic mass is 10.0. The summed E-state index contributed by atoms with van der Waals surface area (Å²) in [7, 11) is 0. The summed E-state index contributed by atoms with van der Waals surface area (Å²) in [5.74, 6) is 0.668. The van der Waals surface area contributed by atoms with Crippen LogP contribution in [-0.2, 0) is 16.1 Å². The molecule has 2 aromatic carbocycles. The molecule has 178 valence electrons. The van der Waals surface area contributed by atoms with E-state index in [0.717, 1.165) is 42.6 Å². The zero-order chi connectivity index (χ0) is 23.6. The van der Waals surface area contributed by atoms with Crippen molar-refractivity contribution in [1.29, 1.82) is 0 Å². The van der Waals surface area contributed by atoms with Crippen LogP contribution in [0.25, 0.3) is 0 Å². The minimum Gasteiger partial charge on any atom is -0.494 e. The number of hydrogen-bond acceptors (Lipinski definition) is 3. The van der Waals surface area contributed by atoms with Gasteiger partial charge in [-0.3, -0.25) is 9.59 Å². The van der Waals surface area contributed by atoms with Crippen molar-refractivity contribution in [3.8, 4) is 5.75 Å². The Morgan fingerprint density at radius 1 is 1.12 bits per heavy atom. The first-order valence-electron chi connectivity index (χ1n) is 12.0. The maximum Gasteiger partial charge on any atom is 0.243 e. The maximum atomic E-state index is 13.3. The van der Waals surface area contributed by atoms with Gasteiger partial charge < -0.3 is 15.0 Å². The normalized spacial score (nSPS) is 14.6. The van der Waals surface area contributed by atoms with Crippen LogP contribution in [0.2, 0.25) is 5.02 Å². The summed E-state index contributed by atoms with van der Waals surface area (Å²) in [5.41, 5.74) is 2.18. The van der Waals surface area contributed by atoms with Crippen LogP contribution in [0.5, 0.6) is 5.75 Å². The molecule has 0 aliphatic heterocycles. The monoisotopic (exact) mass is 470 g/mol. The molecule has 1 N–H and O–H groups in total. The van der Waals surface area contributed by atoms with Gasteiger partial charge in [-0.15, -0.1) is 0 Å². The Labute approximate surface area is 202 Å². The third kappa shape index (κ3) is 7.50. The van der Waals surface area contributed by atoms with E-state index in [1.165, 1.54) is 0 Å². The average molecular weight is 471 g/mol. The number of hydrogen-bond donors (Lipinski definition) is 1. The number of nitrogens with one attached hydrogen (secondary N) is 1. The van der Waals surface area contributed by atoms with E-state index in [-0.39, 0.29) is 17.9 Å². The standard InChI is InChI=1S/C27H35ClN2O3/c1-3-25(27(32)29-23-11-6-7-12-23)30(19-21-10-5-4-9-20(21)2)26(31)13-8-18-33-24-16-14-22(28)15-17-24/h4-5,9-10,14-17,23,25H,3,6-8,11-13,18-19H2,1-2H3,(H,29,32)/t25-/m1/s1. The summed E-state index contributed by atoms with van der Waals surface area (Å²) in [4.78, 5) is 28.2. The summed E-state index contributed by atoms with van der Waals surface area (Å²) in [5, 5.41) is 3.85. The van der Waals surface area contributed by atoms with E-state index in [9.17, 15) is 9.59 Å². The van der Waals surface area contributed by atoms with Crippen molar-refractivity contribution in [3.63, 3.8) is 0 Å². The van der Waals surface area contributed by atoms with Crippen molar-refractivity contribution in [3.05, 3.63) is 64.7 Å². The highest BCUT2D eigenvalue weighted by molar-refractivity contribution is 6.30. The van der Waals surface area contributed by atoms with Crippen LogP contribution >= 0.6 is 11.6 Å². The van der Waals surface area contributed by atoms with Crippen molar-refractivity contribution in [2.75, 3.05) is 6.61 Å². The van der Waals surface area contributed by atoms with E-state index in [4.69, 9.17) is 16.3 Å². The average Bonchev–Trinajstić information content (AvgIpc) is 3.32. The molecule has 1 aliphatic rings. The molecule has 0 saturated heterocycles. The SMILES string of the molecule is CC[C@H](C(=O)NC1CCCC1)N(Cc1ccccc1C)C(=O)CCCOc1ccc(Cl)cc1. The van der Waals surface area contributed by atoms with Gasteiger partial charge in [0, 0.05) is 24.0 Å². The van der Waals surface area contributed by atoms with Crippen LogP contribution in [0.15, 0.2) is 48.5 Å². The van der Waals surface area contributed by atoms with Gasteiger partial charge in [0.25, 0.3) is 0 Å². The summed E-state index contributed by atoms with van der Waals surface area (Å²) in [6.45, 7) is 4.87. The first-order chi connectivity index (χ1) is 16.0. The van der Waals surface area contributed by atoms with Crippen LogP contribution < -0.4 is 10.1 Å². The molecule has 0 aromatic heterocycles. The molecule has 5 nitrogen and oxygen atoms in total. The van der Waals surface area contributed by atoms with E-state index in [0.29, 0.717) is 37.4 Å². The number of ether oxygens (including phenoxy) is 1. The second-order valence-corrected chi connectivity index (χ2v) is 9.20. The Hall–Kier alpha value is -2.53. The van der Waals surface area contributed by atoms with E-state index in [2.05, 4.69) is 5.32 Å². The molecule has 1 aliphatic carbocycles. The topological polar surface area (TPSA) is 58.6 Å². The molecular weight excluding hydrogens is 436 g/mol. The molecule has 2 aromatic rings. The lowest BCUT2D eigenvalue weighted by Crippen LogP contribution is -2.51. The first-order valence-corrected chi connectivity index (χ1v) is 12.4. The van der Waals surface area contributed by atoms with E-state index in [1.54, 1.807) is 17.0 Å². The van der Waals surface area contributed by atoms with Gasteiger partial charge in [0.1, 0.15) is 11.8 Å². The van der Waals surface area contributed by atoms with Gasteiger partial charge in [-0.1, -0.05) is 55.6 Å². The van der Waals surface area contributed by atoms with E-state index in [1.807, 2.05) is 50.2 Å². The molecule has 0 bridgehead atoms. The van der Waals surface area contributed by atoms with Crippen LogP contribution in [0, 0.1) is 6.92 Å². The second-order valence-electron chi connectivity index (χ2n) is 8.77. The van der Waals surface area contributed by atoms with E-state index < -0.39 is 6.04 Å². The third-order valence-electron chi connectivity index (χ3n) is 6.31. The molecule has 0 heterocycles. The van der Waals surface area contributed by atoms with Gasteiger partial charge in [-0.05, 0) is 68.0 Å². The molecule has 1 fully saturated rings. The number of carbonyl (C=O) groups excluding carboxylic acids is 2. The fraction of sp³-hybridized carbons (Fsp3) is 0.481. The number of benzene rings is 2. The Balaban J connectivity index is 1.65. The van der Waals surface area contributed by atoms with Crippen LogP contribution in [-0.4, -0.2) is 35.4 Å². The summed E-state index contributed by atoms with van der Waals surface area (Å²) < 4.78 is 5.74. The van der Waals surface area contributed by atoms with Gasteiger partial charge in [0.15, 0.2) is 0 Å². The Morgan fingerprint density at radius 3 is 2.48 bits per heavy atom. The molecule has 1 atom stereocenters. The summed E-state index contributed by atoms with van der Waals surface area (Å²) in [6.07, 6.45) is 5.84. The quantitative estimate of drug-likeness (QED) is 0.430. The van der Waals surface area contributed by atoms with Gasteiger partial charge >= 0.3 is 0 Å². The second kappa shape index (κ2) is 12.6. The minimum absolute atomic E-state index is 0.0219. The number of aryl methyl sites for hydroxylation is 1. The zero-order valence-electron chi connectivity index (χ0n) is 19.7. The molecule has 6 heteroatoms. The molecular formula is C27H35ClN2O3. The number of rotatable bonds is 11. The number of halogens is 1. The van der Waals surface area contributed by atoms with E-state index >= 15 is 0 Å². The van der Waals surface area contributed by atoms with Crippen molar-refractivity contribution >= 4 is 23.4 Å². The predicted octanol–water partition coefficient (Wildman–Crippen LogP) is 5.67. The van der Waals surface area contributed by atoms with Crippen LogP contribution in [0.1, 0.15) is 63.0 Å². The van der Waals surface area contributed by atoms with Gasteiger partial charge in [-0.25, -0.2) is 0 Å². The molecule has 0 radical (unpaired) electrons. The summed E-state index contributed by atoms with van der Waals surface area (Å²) >= 11 is 5.91. The van der Waals surface area contributed by atoms with Crippen molar-refractivity contribution in [2.45, 2.75) is 77.4 Å². The Morgan fingerprint density at radius 2 is 1.82 bits per heavy atom. The number of amides is 2.